The molecule has 1 heterocycles. The van der Waals surface area contributed by atoms with Gasteiger partial charge in [0, 0.05) is 12.6 Å². The fraction of sp³-hybridized carbons (Fsp3) is 0.583. The largest absolute Gasteiger partial charge is 0.394 e. The number of ether oxygens (including phenoxy) is 1. The maximum atomic E-state index is 12.4. The average Bonchev–Trinajstić information content (AvgIpc) is 2.46. The molecule has 0 unspecified atom stereocenters. The zero-order valence-corrected chi connectivity index (χ0v) is 11.7. The number of hydrogen-bond acceptors (Lipinski definition) is 7. The van der Waals surface area contributed by atoms with Crippen molar-refractivity contribution in [3.8, 4) is 0 Å². The molecule has 1 amide bonds. The molecule has 0 aliphatic heterocycles. The number of aliphatic hydroxyl groups is 1. The van der Waals surface area contributed by atoms with E-state index in [1.807, 2.05) is 13.8 Å². The Balaban J connectivity index is 2.72. The molecule has 0 atom stereocenters. The highest BCUT2D eigenvalue weighted by Gasteiger charge is 2.20. The molecule has 1 aromatic heterocycles. The van der Waals surface area contributed by atoms with Crippen LogP contribution in [0.3, 0.4) is 0 Å². The predicted octanol–water partition coefficient (Wildman–Crippen LogP) is -0.378. The number of carbonyl (C=O) groups excluding carboxylic acids is 1. The van der Waals surface area contributed by atoms with E-state index in [1.54, 1.807) is 4.90 Å². The number of nitrogen functional groups attached to an aromatic ring is 1. The molecule has 0 aliphatic carbocycles. The van der Waals surface area contributed by atoms with Crippen molar-refractivity contribution in [2.45, 2.75) is 19.9 Å². The topological polar surface area (TPSA) is 114 Å². The van der Waals surface area contributed by atoms with Gasteiger partial charge in [-0.15, -0.1) is 0 Å². The minimum absolute atomic E-state index is 0.00322. The molecule has 0 radical (unpaired) electrons. The molecule has 1 aromatic rings. The Morgan fingerprint density at radius 3 is 2.85 bits per heavy atom. The minimum Gasteiger partial charge on any atom is -0.394 e. The fourth-order valence-corrected chi connectivity index (χ4v) is 1.61. The Labute approximate surface area is 117 Å². The summed E-state index contributed by atoms with van der Waals surface area (Å²) < 4.78 is 5.18. The highest BCUT2D eigenvalue weighted by molar-refractivity contribution is 5.92. The standard InChI is InChI=1S/C12H21N5O3/c1-9(2)17(3-5-20-6-4-18)12(19)10-7-14-8-11(15-10)16-13/h7-9,18H,3-6,13H2,1-2H3,(H,15,16). The second-order valence-corrected chi connectivity index (χ2v) is 4.36. The van der Waals surface area contributed by atoms with E-state index in [-0.39, 0.29) is 30.9 Å². The van der Waals surface area contributed by atoms with Crippen LogP contribution in [0.15, 0.2) is 12.4 Å². The molecule has 8 nitrogen and oxygen atoms in total. The Morgan fingerprint density at radius 2 is 2.25 bits per heavy atom. The van der Waals surface area contributed by atoms with Crippen LogP contribution >= 0.6 is 0 Å². The zero-order chi connectivity index (χ0) is 15.0. The summed E-state index contributed by atoms with van der Waals surface area (Å²) in [6.07, 6.45) is 2.83. The molecule has 0 saturated carbocycles. The summed E-state index contributed by atoms with van der Waals surface area (Å²) in [7, 11) is 0. The highest BCUT2D eigenvalue weighted by atomic mass is 16.5. The first kappa shape index (κ1) is 16.3. The zero-order valence-electron chi connectivity index (χ0n) is 11.7. The van der Waals surface area contributed by atoms with E-state index in [0.717, 1.165) is 0 Å². The van der Waals surface area contributed by atoms with Crippen molar-refractivity contribution in [1.29, 1.82) is 0 Å². The van der Waals surface area contributed by atoms with Gasteiger partial charge in [-0.25, -0.2) is 10.8 Å². The van der Waals surface area contributed by atoms with E-state index >= 15 is 0 Å². The lowest BCUT2D eigenvalue weighted by atomic mass is 10.2. The van der Waals surface area contributed by atoms with Gasteiger partial charge >= 0.3 is 0 Å². The van der Waals surface area contributed by atoms with Gasteiger partial charge in [0.2, 0.25) is 0 Å². The maximum Gasteiger partial charge on any atom is 0.274 e. The molecule has 4 N–H and O–H groups in total. The van der Waals surface area contributed by atoms with Gasteiger partial charge in [-0.2, -0.15) is 0 Å². The third-order valence-corrected chi connectivity index (χ3v) is 2.60. The molecule has 0 bridgehead atoms. The number of aliphatic hydroxyl groups excluding tert-OH is 1. The molecule has 0 spiro atoms. The number of amides is 1. The van der Waals surface area contributed by atoms with Crippen molar-refractivity contribution in [1.82, 2.24) is 14.9 Å². The van der Waals surface area contributed by atoms with Gasteiger partial charge in [0.05, 0.1) is 32.2 Å². The van der Waals surface area contributed by atoms with Gasteiger partial charge in [0.25, 0.3) is 5.91 Å². The SMILES string of the molecule is CC(C)N(CCOCCO)C(=O)c1cncc(NN)n1. The molecule has 8 heteroatoms. The third-order valence-electron chi connectivity index (χ3n) is 2.60. The van der Waals surface area contributed by atoms with Crippen molar-refractivity contribution in [2.24, 2.45) is 5.84 Å². The first-order valence-electron chi connectivity index (χ1n) is 6.38. The van der Waals surface area contributed by atoms with Gasteiger partial charge in [-0.3, -0.25) is 9.78 Å². The monoisotopic (exact) mass is 283 g/mol. The van der Waals surface area contributed by atoms with Crippen molar-refractivity contribution >= 4 is 11.7 Å². The summed E-state index contributed by atoms with van der Waals surface area (Å²) in [4.78, 5) is 22.0. The molecular weight excluding hydrogens is 262 g/mol. The number of hydrazine groups is 1. The van der Waals surface area contributed by atoms with Crippen molar-refractivity contribution < 1.29 is 14.6 Å². The number of nitrogens with two attached hydrogens (primary N) is 1. The Kier molecular flexibility index (Phi) is 6.85. The van der Waals surface area contributed by atoms with Crippen LogP contribution in [0.4, 0.5) is 5.82 Å². The number of anilines is 1. The first-order valence-corrected chi connectivity index (χ1v) is 6.38. The Morgan fingerprint density at radius 1 is 1.50 bits per heavy atom. The van der Waals surface area contributed by atoms with Crippen LogP contribution in [-0.2, 0) is 4.74 Å². The van der Waals surface area contributed by atoms with E-state index in [4.69, 9.17) is 15.7 Å². The van der Waals surface area contributed by atoms with Gasteiger partial charge in [0.1, 0.15) is 5.69 Å². The maximum absolute atomic E-state index is 12.4. The number of nitrogens with zero attached hydrogens (tertiary/aromatic N) is 3. The molecule has 0 fully saturated rings. The van der Waals surface area contributed by atoms with Gasteiger partial charge in [0.15, 0.2) is 5.82 Å². The quantitative estimate of drug-likeness (QED) is 0.338. The van der Waals surface area contributed by atoms with E-state index < -0.39 is 0 Å². The minimum atomic E-state index is -0.239. The van der Waals surface area contributed by atoms with E-state index in [1.165, 1.54) is 12.4 Å². The van der Waals surface area contributed by atoms with Gasteiger partial charge in [-0.05, 0) is 13.8 Å². The van der Waals surface area contributed by atoms with E-state index in [2.05, 4.69) is 15.4 Å². The van der Waals surface area contributed by atoms with Crippen LogP contribution in [0.1, 0.15) is 24.3 Å². The number of carbonyl (C=O) groups is 1. The van der Waals surface area contributed by atoms with Crippen LogP contribution in [0.5, 0.6) is 0 Å². The summed E-state index contributed by atoms with van der Waals surface area (Å²) in [5, 5.41) is 8.64. The Bertz CT molecular complexity index is 427. The molecule has 112 valence electrons. The average molecular weight is 283 g/mol. The number of rotatable bonds is 8. The predicted molar refractivity (Wildman–Crippen MR) is 73.9 cm³/mol. The molecular formula is C12H21N5O3. The Hall–Kier alpha value is -1.77. The number of nitrogens with one attached hydrogen (secondary N) is 1. The van der Waals surface area contributed by atoms with Crippen LogP contribution in [-0.4, -0.2) is 58.3 Å². The van der Waals surface area contributed by atoms with Crippen LogP contribution in [0, 0.1) is 0 Å². The first-order chi connectivity index (χ1) is 9.60. The number of aromatic nitrogens is 2. The third kappa shape index (κ3) is 4.72. The molecule has 0 aliphatic rings. The van der Waals surface area contributed by atoms with Crippen molar-refractivity contribution in [2.75, 3.05) is 31.8 Å². The van der Waals surface area contributed by atoms with Crippen molar-refractivity contribution in [3.05, 3.63) is 18.1 Å². The van der Waals surface area contributed by atoms with Crippen LogP contribution in [0.25, 0.3) is 0 Å². The van der Waals surface area contributed by atoms with Crippen molar-refractivity contribution in [3.63, 3.8) is 0 Å². The number of hydrogen-bond donors (Lipinski definition) is 3. The summed E-state index contributed by atoms with van der Waals surface area (Å²) >= 11 is 0. The molecule has 1 rings (SSSR count). The second kappa shape index (κ2) is 8.41. The summed E-state index contributed by atoms with van der Waals surface area (Å²) in [5.41, 5.74) is 2.57. The van der Waals surface area contributed by atoms with E-state index in [9.17, 15) is 4.79 Å². The second-order valence-electron chi connectivity index (χ2n) is 4.36. The molecule has 20 heavy (non-hydrogen) atoms. The molecule has 0 saturated heterocycles. The van der Waals surface area contributed by atoms with Gasteiger partial charge in [-0.1, -0.05) is 0 Å². The highest BCUT2D eigenvalue weighted by Crippen LogP contribution is 2.08. The summed E-state index contributed by atoms with van der Waals surface area (Å²) in [6, 6.07) is -0.00322. The lowest BCUT2D eigenvalue weighted by molar-refractivity contribution is 0.0502. The fourth-order valence-electron chi connectivity index (χ4n) is 1.61. The van der Waals surface area contributed by atoms with E-state index in [0.29, 0.717) is 19.0 Å². The molecule has 0 aromatic carbocycles. The lowest BCUT2D eigenvalue weighted by Crippen LogP contribution is -2.40. The van der Waals surface area contributed by atoms with Gasteiger partial charge < -0.3 is 20.2 Å². The smallest absolute Gasteiger partial charge is 0.274 e. The van der Waals surface area contributed by atoms with Crippen LogP contribution < -0.4 is 11.3 Å². The van der Waals surface area contributed by atoms with Crippen LogP contribution in [0.2, 0.25) is 0 Å². The summed E-state index contributed by atoms with van der Waals surface area (Å²) in [6.45, 7) is 4.80. The lowest BCUT2D eigenvalue weighted by Gasteiger charge is -2.26. The summed E-state index contributed by atoms with van der Waals surface area (Å²) in [5.74, 6) is 5.34. The normalized spacial score (nSPS) is 10.7.